The smallest absolute Gasteiger partial charge is 0.226 e. The second-order valence-electron chi connectivity index (χ2n) is 7.87. The fraction of sp³-hybridized carbons (Fsp3) is 0.895. The predicted molar refractivity (Wildman–Crippen MR) is 94.5 cm³/mol. The van der Waals surface area contributed by atoms with E-state index in [1.165, 1.54) is 0 Å². The highest BCUT2D eigenvalue weighted by atomic mass is 16.5. The van der Waals surface area contributed by atoms with Crippen LogP contribution in [0.25, 0.3) is 0 Å². The molecule has 0 aromatic carbocycles. The summed E-state index contributed by atoms with van der Waals surface area (Å²) < 4.78 is 5.61. The van der Waals surface area contributed by atoms with Gasteiger partial charge in [0.05, 0.1) is 6.61 Å². The van der Waals surface area contributed by atoms with E-state index >= 15 is 0 Å². The Balaban J connectivity index is 1.86. The van der Waals surface area contributed by atoms with Crippen LogP contribution < -0.4 is 5.32 Å². The number of carbonyl (C=O) groups is 2. The van der Waals surface area contributed by atoms with E-state index in [1.807, 2.05) is 11.8 Å². The largest absolute Gasteiger partial charge is 0.379 e. The second-order valence-corrected chi connectivity index (χ2v) is 7.87. The molecule has 1 N–H and O–H groups in total. The number of rotatable bonds is 7. The summed E-state index contributed by atoms with van der Waals surface area (Å²) in [6, 6.07) is -0.0132. The van der Waals surface area contributed by atoms with E-state index < -0.39 is 0 Å². The second kappa shape index (κ2) is 9.40. The third-order valence-corrected chi connectivity index (χ3v) is 5.05. The number of amides is 2. The lowest BCUT2D eigenvalue weighted by atomic mass is 9.77. The van der Waals surface area contributed by atoms with E-state index in [2.05, 4.69) is 19.2 Å². The molecule has 2 fully saturated rings. The fourth-order valence-corrected chi connectivity index (χ4v) is 3.78. The van der Waals surface area contributed by atoms with Crippen LogP contribution in [0.1, 0.15) is 59.3 Å². The minimum Gasteiger partial charge on any atom is -0.379 e. The van der Waals surface area contributed by atoms with Crippen molar-refractivity contribution in [3.63, 3.8) is 0 Å². The molecule has 2 aliphatic rings. The Morgan fingerprint density at radius 1 is 1.00 bits per heavy atom. The summed E-state index contributed by atoms with van der Waals surface area (Å²) in [6.07, 6.45) is 5.97. The molecule has 1 heterocycles. The van der Waals surface area contributed by atoms with E-state index in [9.17, 15) is 9.59 Å². The first-order valence-electron chi connectivity index (χ1n) is 9.66. The number of hydrogen-bond acceptors (Lipinski definition) is 3. The van der Waals surface area contributed by atoms with Gasteiger partial charge in [-0.2, -0.15) is 0 Å². The zero-order chi connectivity index (χ0) is 17.5. The van der Waals surface area contributed by atoms with Gasteiger partial charge in [-0.3, -0.25) is 9.59 Å². The van der Waals surface area contributed by atoms with E-state index in [-0.39, 0.29) is 29.7 Å². The van der Waals surface area contributed by atoms with Crippen LogP contribution in [0, 0.1) is 17.8 Å². The van der Waals surface area contributed by atoms with Crippen LogP contribution in [-0.4, -0.2) is 49.1 Å². The van der Waals surface area contributed by atoms with Gasteiger partial charge in [0.2, 0.25) is 11.8 Å². The van der Waals surface area contributed by atoms with Gasteiger partial charge in [0, 0.05) is 37.6 Å². The standard InChI is InChI=1S/C19H34N2O3/c1-14(2)12-24-13-15(3)20-18(22)16-8-4-5-9-17(16)19(23)21-10-6-7-11-21/h14-17H,4-13H2,1-3H3,(H,20,22)/t15-,16-,17+/m0/s1. The van der Waals surface area contributed by atoms with Crippen molar-refractivity contribution in [2.45, 2.75) is 65.3 Å². The zero-order valence-corrected chi connectivity index (χ0v) is 15.6. The monoisotopic (exact) mass is 338 g/mol. The Morgan fingerprint density at radius 2 is 1.62 bits per heavy atom. The highest BCUT2D eigenvalue weighted by Crippen LogP contribution is 2.32. The lowest BCUT2D eigenvalue weighted by Gasteiger charge is -2.33. The number of ether oxygens (including phenoxy) is 1. The number of nitrogens with one attached hydrogen (secondary N) is 1. The molecule has 2 amide bonds. The molecule has 0 bridgehead atoms. The van der Waals surface area contributed by atoms with Crippen molar-refractivity contribution in [1.29, 1.82) is 0 Å². The molecule has 1 aliphatic heterocycles. The summed E-state index contributed by atoms with van der Waals surface area (Å²) in [5.41, 5.74) is 0. The molecular weight excluding hydrogens is 304 g/mol. The number of nitrogens with zero attached hydrogens (tertiary/aromatic N) is 1. The highest BCUT2D eigenvalue weighted by molar-refractivity contribution is 5.88. The van der Waals surface area contributed by atoms with Crippen LogP contribution in [0.15, 0.2) is 0 Å². The SMILES string of the molecule is CC(C)COC[C@H](C)NC(=O)[C@H]1CCCC[C@H]1C(=O)N1CCCC1. The van der Waals surface area contributed by atoms with Crippen LogP contribution in [0.4, 0.5) is 0 Å². The Kier molecular flexibility index (Phi) is 7.53. The topological polar surface area (TPSA) is 58.6 Å². The van der Waals surface area contributed by atoms with Gasteiger partial charge < -0.3 is 15.0 Å². The van der Waals surface area contributed by atoms with Crippen LogP contribution >= 0.6 is 0 Å². The van der Waals surface area contributed by atoms with E-state index in [0.717, 1.165) is 51.6 Å². The molecule has 3 atom stereocenters. The molecule has 1 saturated carbocycles. The van der Waals surface area contributed by atoms with Gasteiger partial charge in [-0.25, -0.2) is 0 Å². The fourth-order valence-electron chi connectivity index (χ4n) is 3.78. The van der Waals surface area contributed by atoms with Crippen LogP contribution in [-0.2, 0) is 14.3 Å². The predicted octanol–water partition coefficient (Wildman–Crippen LogP) is 2.59. The first-order valence-corrected chi connectivity index (χ1v) is 9.66. The highest BCUT2D eigenvalue weighted by Gasteiger charge is 2.38. The zero-order valence-electron chi connectivity index (χ0n) is 15.6. The molecule has 138 valence electrons. The Bertz CT molecular complexity index is 419. The van der Waals surface area contributed by atoms with E-state index in [0.29, 0.717) is 19.1 Å². The number of carbonyl (C=O) groups excluding carboxylic acids is 2. The Labute approximate surface area is 146 Å². The lowest BCUT2D eigenvalue weighted by Crippen LogP contribution is -2.47. The molecule has 24 heavy (non-hydrogen) atoms. The third-order valence-electron chi connectivity index (χ3n) is 5.05. The van der Waals surface area contributed by atoms with E-state index in [4.69, 9.17) is 4.74 Å². The maximum Gasteiger partial charge on any atom is 0.226 e. The maximum absolute atomic E-state index is 12.8. The first kappa shape index (κ1) is 19.2. The van der Waals surface area contributed by atoms with Crippen LogP contribution in [0.5, 0.6) is 0 Å². The minimum atomic E-state index is -0.167. The van der Waals surface area contributed by atoms with Gasteiger partial charge in [-0.05, 0) is 38.5 Å². The molecule has 0 aromatic heterocycles. The van der Waals surface area contributed by atoms with Gasteiger partial charge in [0.15, 0.2) is 0 Å². The molecule has 0 radical (unpaired) electrons. The summed E-state index contributed by atoms with van der Waals surface area (Å²) in [5.74, 6) is 0.442. The van der Waals surface area contributed by atoms with Gasteiger partial charge in [-0.1, -0.05) is 26.7 Å². The Morgan fingerprint density at radius 3 is 2.25 bits per heavy atom. The number of hydrogen-bond donors (Lipinski definition) is 1. The summed E-state index contributed by atoms with van der Waals surface area (Å²) in [7, 11) is 0. The summed E-state index contributed by atoms with van der Waals surface area (Å²) >= 11 is 0. The molecule has 2 rings (SSSR count). The normalized spacial score (nSPS) is 25.8. The quantitative estimate of drug-likeness (QED) is 0.776. The summed E-state index contributed by atoms with van der Waals surface area (Å²) in [4.78, 5) is 27.4. The van der Waals surface area contributed by atoms with E-state index in [1.54, 1.807) is 0 Å². The van der Waals surface area contributed by atoms with Crippen molar-refractivity contribution in [2.75, 3.05) is 26.3 Å². The van der Waals surface area contributed by atoms with Gasteiger partial charge >= 0.3 is 0 Å². The summed E-state index contributed by atoms with van der Waals surface area (Å²) in [5, 5.41) is 3.06. The molecular formula is C19H34N2O3. The van der Waals surface area contributed by atoms with Crippen LogP contribution in [0.2, 0.25) is 0 Å². The average Bonchev–Trinajstić information content (AvgIpc) is 3.08. The van der Waals surface area contributed by atoms with Crippen molar-refractivity contribution in [2.24, 2.45) is 17.8 Å². The lowest BCUT2D eigenvalue weighted by molar-refractivity contribution is -0.143. The van der Waals surface area contributed by atoms with Crippen molar-refractivity contribution >= 4 is 11.8 Å². The van der Waals surface area contributed by atoms with Gasteiger partial charge in [-0.15, -0.1) is 0 Å². The number of likely N-dealkylation sites (tertiary alicyclic amines) is 1. The third kappa shape index (κ3) is 5.47. The van der Waals surface area contributed by atoms with Gasteiger partial charge in [0.1, 0.15) is 0 Å². The molecule has 0 unspecified atom stereocenters. The first-order chi connectivity index (χ1) is 11.5. The molecule has 5 heteroatoms. The van der Waals surface area contributed by atoms with Crippen molar-refractivity contribution < 1.29 is 14.3 Å². The minimum absolute atomic E-state index is 0.0132. The summed E-state index contributed by atoms with van der Waals surface area (Å²) in [6.45, 7) is 9.16. The molecule has 1 saturated heterocycles. The van der Waals surface area contributed by atoms with Crippen molar-refractivity contribution in [3.05, 3.63) is 0 Å². The van der Waals surface area contributed by atoms with Crippen molar-refractivity contribution in [1.82, 2.24) is 10.2 Å². The molecule has 0 aromatic rings. The Hall–Kier alpha value is -1.10. The van der Waals surface area contributed by atoms with Crippen molar-refractivity contribution in [3.8, 4) is 0 Å². The molecule has 5 nitrogen and oxygen atoms in total. The van der Waals surface area contributed by atoms with Gasteiger partial charge in [0.25, 0.3) is 0 Å². The maximum atomic E-state index is 12.8. The van der Waals surface area contributed by atoms with Crippen LogP contribution in [0.3, 0.4) is 0 Å². The molecule has 0 spiro atoms. The average molecular weight is 338 g/mol. The molecule has 1 aliphatic carbocycles.